The van der Waals surface area contributed by atoms with Crippen molar-refractivity contribution >= 4 is 43.5 Å². The van der Waals surface area contributed by atoms with Crippen LogP contribution >= 0.6 is 11.3 Å². The average molecular weight is 353 g/mol. The summed E-state index contributed by atoms with van der Waals surface area (Å²) in [5, 5.41) is 20.6. The Kier molecular flexibility index (Phi) is 3.83. The molecule has 4 rings (SSSR count). The highest BCUT2D eigenvalue weighted by Gasteiger charge is 2.21. The maximum atomic E-state index is 12.8. The minimum Gasteiger partial charge on any atom is -0.394 e. The number of H-pyrrole nitrogens is 1. The van der Waals surface area contributed by atoms with Gasteiger partial charge in [0.2, 0.25) is 0 Å². The quantitative estimate of drug-likeness (QED) is 0.449. The standard InChI is InChI=1S/C17H15N5O2S/c18-17-20-11-7-6-10-13(15(11)25-17)14(22-21-10)16(24)19-12(8-23)9-4-2-1-3-5-9/h1-7,12,23H,8H2,(H2,18,20)(H,19,24)(H,21,22). The van der Waals surface area contributed by atoms with E-state index in [2.05, 4.69) is 20.5 Å². The highest BCUT2D eigenvalue weighted by Crippen LogP contribution is 2.32. The summed E-state index contributed by atoms with van der Waals surface area (Å²) in [6, 6.07) is 12.5. The summed E-state index contributed by atoms with van der Waals surface area (Å²) in [5.41, 5.74) is 8.35. The molecule has 7 nitrogen and oxygen atoms in total. The van der Waals surface area contributed by atoms with Crippen LogP contribution in [0.5, 0.6) is 0 Å². The molecule has 0 radical (unpaired) electrons. The first-order valence-corrected chi connectivity index (χ1v) is 8.49. The number of carbonyl (C=O) groups is 1. The molecule has 8 heteroatoms. The molecule has 0 aliphatic heterocycles. The highest BCUT2D eigenvalue weighted by atomic mass is 32.1. The van der Waals surface area contributed by atoms with Gasteiger partial charge in [-0.2, -0.15) is 5.10 Å². The van der Waals surface area contributed by atoms with Crippen LogP contribution in [0.3, 0.4) is 0 Å². The lowest BCUT2D eigenvalue weighted by molar-refractivity contribution is 0.0913. The third-order valence-corrected chi connectivity index (χ3v) is 4.92. The zero-order chi connectivity index (χ0) is 17.4. The van der Waals surface area contributed by atoms with Gasteiger partial charge in [0.25, 0.3) is 5.91 Å². The van der Waals surface area contributed by atoms with Gasteiger partial charge in [0.15, 0.2) is 10.8 Å². The molecule has 0 bridgehead atoms. The van der Waals surface area contributed by atoms with Crippen LogP contribution in [0.15, 0.2) is 42.5 Å². The number of rotatable bonds is 4. The fourth-order valence-electron chi connectivity index (χ4n) is 2.82. The van der Waals surface area contributed by atoms with Crippen molar-refractivity contribution in [3.8, 4) is 0 Å². The minimum absolute atomic E-state index is 0.207. The topological polar surface area (TPSA) is 117 Å². The smallest absolute Gasteiger partial charge is 0.273 e. The molecule has 0 aliphatic rings. The maximum Gasteiger partial charge on any atom is 0.273 e. The van der Waals surface area contributed by atoms with Crippen LogP contribution in [0.4, 0.5) is 5.13 Å². The molecule has 1 atom stereocenters. The number of anilines is 1. The summed E-state index contributed by atoms with van der Waals surface area (Å²) >= 11 is 1.32. The van der Waals surface area contributed by atoms with Crippen LogP contribution in [0.1, 0.15) is 22.1 Å². The summed E-state index contributed by atoms with van der Waals surface area (Å²) in [4.78, 5) is 17.0. The molecule has 0 spiro atoms. The van der Waals surface area contributed by atoms with Crippen molar-refractivity contribution < 1.29 is 9.90 Å². The number of aromatic amines is 1. The van der Waals surface area contributed by atoms with Crippen LogP contribution < -0.4 is 11.1 Å². The summed E-state index contributed by atoms with van der Waals surface area (Å²) < 4.78 is 0.814. The number of nitrogen functional groups attached to an aromatic ring is 1. The Morgan fingerprint density at radius 2 is 2.08 bits per heavy atom. The molecule has 0 saturated carbocycles. The van der Waals surface area contributed by atoms with Gasteiger partial charge >= 0.3 is 0 Å². The van der Waals surface area contributed by atoms with Gasteiger partial charge in [-0.3, -0.25) is 9.89 Å². The average Bonchev–Trinajstić information content (AvgIpc) is 3.22. The SMILES string of the molecule is Nc1nc2ccc3[nH]nc(C(=O)NC(CO)c4ccccc4)c3c2s1. The molecule has 25 heavy (non-hydrogen) atoms. The molecular formula is C17H15N5O2S. The Morgan fingerprint density at radius 3 is 2.84 bits per heavy atom. The van der Waals surface area contributed by atoms with Crippen LogP contribution in [0.2, 0.25) is 0 Å². The number of nitrogens with two attached hydrogens (primary N) is 1. The van der Waals surface area contributed by atoms with Gasteiger partial charge in [-0.05, 0) is 17.7 Å². The number of fused-ring (bicyclic) bond motifs is 3. The van der Waals surface area contributed by atoms with Gasteiger partial charge in [-0.15, -0.1) is 0 Å². The van der Waals surface area contributed by atoms with Gasteiger partial charge in [-0.25, -0.2) is 4.98 Å². The number of nitrogens with zero attached hydrogens (tertiary/aromatic N) is 2. The maximum absolute atomic E-state index is 12.8. The summed E-state index contributed by atoms with van der Waals surface area (Å²) in [6.45, 7) is -0.207. The van der Waals surface area contributed by atoms with E-state index in [1.807, 2.05) is 42.5 Å². The lowest BCUT2D eigenvalue weighted by Crippen LogP contribution is -2.31. The Hall–Kier alpha value is -2.97. The van der Waals surface area contributed by atoms with Crippen molar-refractivity contribution in [1.82, 2.24) is 20.5 Å². The first-order chi connectivity index (χ1) is 12.2. The van der Waals surface area contributed by atoms with Gasteiger partial charge in [0.1, 0.15) is 0 Å². The molecule has 0 aliphatic carbocycles. The van der Waals surface area contributed by atoms with Crippen LogP contribution in [0, 0.1) is 0 Å². The lowest BCUT2D eigenvalue weighted by Gasteiger charge is -2.16. The molecule has 2 aromatic carbocycles. The van der Waals surface area contributed by atoms with E-state index in [-0.39, 0.29) is 18.2 Å². The number of carbonyl (C=O) groups excluding carboxylic acids is 1. The first kappa shape index (κ1) is 15.6. The lowest BCUT2D eigenvalue weighted by atomic mass is 10.1. The second-order valence-electron chi connectivity index (χ2n) is 5.58. The van der Waals surface area contributed by atoms with Crippen molar-refractivity contribution in [3.63, 3.8) is 0 Å². The van der Waals surface area contributed by atoms with E-state index in [4.69, 9.17) is 5.73 Å². The molecular weight excluding hydrogens is 338 g/mol. The number of benzene rings is 2. The number of thiazole rings is 1. The third-order valence-electron chi connectivity index (χ3n) is 4.00. The number of aliphatic hydroxyl groups is 1. The predicted molar refractivity (Wildman–Crippen MR) is 97.4 cm³/mol. The first-order valence-electron chi connectivity index (χ1n) is 7.67. The Balaban J connectivity index is 1.74. The summed E-state index contributed by atoms with van der Waals surface area (Å²) in [7, 11) is 0. The van der Waals surface area contributed by atoms with E-state index in [9.17, 15) is 9.90 Å². The number of aliphatic hydroxyl groups excluding tert-OH is 1. The van der Waals surface area contributed by atoms with Gasteiger partial charge in [0, 0.05) is 0 Å². The summed E-state index contributed by atoms with van der Waals surface area (Å²) in [6.07, 6.45) is 0. The van der Waals surface area contributed by atoms with E-state index < -0.39 is 6.04 Å². The molecule has 5 N–H and O–H groups in total. The highest BCUT2D eigenvalue weighted by molar-refractivity contribution is 7.23. The molecule has 1 unspecified atom stereocenters. The number of nitrogens with one attached hydrogen (secondary N) is 2. The van der Waals surface area contributed by atoms with E-state index >= 15 is 0 Å². The number of amides is 1. The van der Waals surface area contributed by atoms with Crippen molar-refractivity contribution in [2.45, 2.75) is 6.04 Å². The van der Waals surface area contributed by atoms with Crippen molar-refractivity contribution in [3.05, 3.63) is 53.7 Å². The van der Waals surface area contributed by atoms with E-state index in [1.165, 1.54) is 11.3 Å². The molecule has 2 aromatic heterocycles. The molecule has 0 saturated heterocycles. The molecule has 0 fully saturated rings. The van der Waals surface area contributed by atoms with Gasteiger partial charge in [-0.1, -0.05) is 41.7 Å². The molecule has 1 amide bonds. The van der Waals surface area contributed by atoms with Crippen molar-refractivity contribution in [2.75, 3.05) is 12.3 Å². The second kappa shape index (κ2) is 6.15. The number of hydrogen-bond acceptors (Lipinski definition) is 6. The van der Waals surface area contributed by atoms with Crippen molar-refractivity contribution in [2.24, 2.45) is 0 Å². The zero-order valence-corrected chi connectivity index (χ0v) is 13.9. The molecule has 2 heterocycles. The minimum atomic E-state index is -0.508. The van der Waals surface area contributed by atoms with Crippen LogP contribution in [-0.2, 0) is 0 Å². The fourth-order valence-corrected chi connectivity index (χ4v) is 3.70. The number of aromatic nitrogens is 3. The van der Waals surface area contributed by atoms with Crippen molar-refractivity contribution in [1.29, 1.82) is 0 Å². The van der Waals surface area contributed by atoms with Crippen LogP contribution in [0.25, 0.3) is 21.1 Å². The van der Waals surface area contributed by atoms with Crippen LogP contribution in [-0.4, -0.2) is 32.8 Å². The fraction of sp³-hybridized carbons (Fsp3) is 0.118. The largest absolute Gasteiger partial charge is 0.394 e. The number of hydrogen-bond donors (Lipinski definition) is 4. The third kappa shape index (κ3) is 2.71. The molecule has 4 aromatic rings. The van der Waals surface area contributed by atoms with E-state index in [0.717, 1.165) is 21.3 Å². The monoisotopic (exact) mass is 353 g/mol. The van der Waals surface area contributed by atoms with E-state index in [1.54, 1.807) is 0 Å². The van der Waals surface area contributed by atoms with Gasteiger partial charge in [0.05, 0.1) is 33.8 Å². The second-order valence-corrected chi connectivity index (χ2v) is 6.61. The Morgan fingerprint density at radius 1 is 1.28 bits per heavy atom. The van der Waals surface area contributed by atoms with E-state index in [0.29, 0.717) is 10.5 Å². The Labute approximate surface area is 146 Å². The summed E-state index contributed by atoms with van der Waals surface area (Å²) in [5.74, 6) is -0.367. The predicted octanol–water partition coefficient (Wildman–Crippen LogP) is 2.22. The normalized spacial score (nSPS) is 12.5. The zero-order valence-electron chi connectivity index (χ0n) is 13.1. The molecule has 126 valence electrons. The van der Waals surface area contributed by atoms with Gasteiger partial charge < -0.3 is 16.2 Å². The Bertz CT molecular complexity index is 1060.